The molecule has 162 valence electrons. The molecule has 0 amide bonds. The number of halogens is 2. The molecule has 3 aromatic rings. The lowest BCUT2D eigenvalue weighted by Crippen LogP contribution is -2.29. The van der Waals surface area contributed by atoms with Crippen molar-refractivity contribution in [1.29, 1.82) is 0 Å². The smallest absolute Gasteiger partial charge is 0.306 e. The van der Waals surface area contributed by atoms with Crippen LogP contribution in [-0.4, -0.2) is 19.5 Å². The highest BCUT2D eigenvalue weighted by molar-refractivity contribution is 5.70. The highest BCUT2D eigenvalue weighted by Gasteiger charge is 2.59. The normalized spacial score (nSPS) is 28.7. The van der Waals surface area contributed by atoms with Crippen molar-refractivity contribution in [2.75, 3.05) is 0 Å². The van der Waals surface area contributed by atoms with Crippen LogP contribution in [0.2, 0.25) is 0 Å². The van der Waals surface area contributed by atoms with E-state index in [4.69, 9.17) is 9.72 Å². The highest BCUT2D eigenvalue weighted by Crippen LogP contribution is 2.65. The Kier molecular flexibility index (Phi) is 4.04. The number of aromatic amines is 1. The maximum atomic E-state index is 13.6. The van der Waals surface area contributed by atoms with Gasteiger partial charge in [0.25, 0.3) is 5.56 Å². The van der Waals surface area contributed by atoms with E-state index in [-0.39, 0.29) is 22.7 Å². The summed E-state index contributed by atoms with van der Waals surface area (Å²) in [6.45, 7) is 2.34. The average molecular weight is 426 g/mol. The van der Waals surface area contributed by atoms with Gasteiger partial charge in [0.1, 0.15) is 11.6 Å². The van der Waals surface area contributed by atoms with Gasteiger partial charge in [-0.3, -0.25) is 9.36 Å². The van der Waals surface area contributed by atoms with Crippen molar-refractivity contribution < 1.29 is 13.5 Å². The van der Waals surface area contributed by atoms with E-state index in [1.54, 1.807) is 0 Å². The third kappa shape index (κ3) is 2.76. The molecule has 4 aliphatic rings. The SMILES string of the molecule is CCCn1c(Oc2ccc(F)c(F)c2)nc2nc(C34CC5CC(CC3C5)C4)[nH]c2c1=O. The van der Waals surface area contributed by atoms with Crippen molar-refractivity contribution in [3.63, 3.8) is 0 Å². The lowest BCUT2D eigenvalue weighted by Gasteiger charge is -2.30. The largest absolute Gasteiger partial charge is 0.425 e. The zero-order valence-corrected chi connectivity index (χ0v) is 17.3. The Morgan fingerprint density at radius 2 is 1.94 bits per heavy atom. The summed E-state index contributed by atoms with van der Waals surface area (Å²) in [6, 6.07) is 3.29. The third-order valence-electron chi connectivity index (χ3n) is 7.58. The van der Waals surface area contributed by atoms with E-state index in [1.807, 2.05) is 6.92 Å². The molecule has 0 saturated heterocycles. The van der Waals surface area contributed by atoms with E-state index in [0.29, 0.717) is 30.0 Å². The van der Waals surface area contributed by atoms with Gasteiger partial charge in [-0.25, -0.2) is 13.8 Å². The fraction of sp³-hybridized carbons (Fsp3) is 0.522. The van der Waals surface area contributed by atoms with Crippen molar-refractivity contribution in [3.05, 3.63) is 46.0 Å². The number of fused-ring (bicyclic) bond motifs is 1. The minimum absolute atomic E-state index is 0.0391. The van der Waals surface area contributed by atoms with Gasteiger partial charge in [0, 0.05) is 18.0 Å². The Hall–Kier alpha value is -2.77. The van der Waals surface area contributed by atoms with Crippen LogP contribution in [-0.2, 0) is 12.0 Å². The van der Waals surface area contributed by atoms with Crippen LogP contribution in [0.5, 0.6) is 11.8 Å². The first-order valence-electron chi connectivity index (χ1n) is 11.1. The Balaban J connectivity index is 1.45. The van der Waals surface area contributed by atoms with Gasteiger partial charge in [0.15, 0.2) is 22.8 Å². The maximum absolute atomic E-state index is 13.6. The molecule has 7 rings (SSSR count). The maximum Gasteiger partial charge on any atom is 0.306 e. The quantitative estimate of drug-likeness (QED) is 0.643. The molecule has 2 aromatic heterocycles. The average Bonchev–Trinajstić information content (AvgIpc) is 3.35. The number of ether oxygens (including phenoxy) is 1. The molecule has 2 unspecified atom stereocenters. The van der Waals surface area contributed by atoms with Crippen LogP contribution in [0.15, 0.2) is 23.0 Å². The molecule has 31 heavy (non-hydrogen) atoms. The molecule has 0 radical (unpaired) electrons. The summed E-state index contributed by atoms with van der Waals surface area (Å²) >= 11 is 0. The fourth-order valence-corrected chi connectivity index (χ4v) is 6.53. The second-order valence-corrected chi connectivity index (χ2v) is 9.51. The van der Waals surface area contributed by atoms with E-state index in [9.17, 15) is 13.6 Å². The van der Waals surface area contributed by atoms with Gasteiger partial charge < -0.3 is 9.72 Å². The summed E-state index contributed by atoms with van der Waals surface area (Å²) in [7, 11) is 0. The first kappa shape index (κ1) is 19.0. The molecule has 4 bridgehead atoms. The number of hydrogen-bond donors (Lipinski definition) is 1. The molecule has 2 atom stereocenters. The first-order valence-corrected chi connectivity index (χ1v) is 11.1. The van der Waals surface area contributed by atoms with Crippen molar-refractivity contribution in [2.45, 2.75) is 57.4 Å². The minimum atomic E-state index is -1.02. The number of benzene rings is 1. The van der Waals surface area contributed by atoms with Gasteiger partial charge in [-0.05, 0) is 68.4 Å². The second-order valence-electron chi connectivity index (χ2n) is 9.51. The van der Waals surface area contributed by atoms with E-state index < -0.39 is 11.6 Å². The summed E-state index contributed by atoms with van der Waals surface area (Å²) in [4.78, 5) is 25.9. The molecule has 1 N–H and O–H groups in total. The number of hydrogen-bond acceptors (Lipinski definition) is 4. The van der Waals surface area contributed by atoms with Gasteiger partial charge in [0.2, 0.25) is 0 Å². The van der Waals surface area contributed by atoms with Crippen LogP contribution in [0, 0.1) is 29.4 Å². The Labute approximate surface area is 177 Å². The van der Waals surface area contributed by atoms with Gasteiger partial charge in [0.05, 0.1) is 0 Å². The molecule has 4 fully saturated rings. The molecule has 2 heterocycles. The predicted octanol–water partition coefficient (Wildman–Crippen LogP) is 4.68. The Morgan fingerprint density at radius 1 is 1.16 bits per heavy atom. The third-order valence-corrected chi connectivity index (χ3v) is 7.58. The van der Waals surface area contributed by atoms with Crippen LogP contribution >= 0.6 is 0 Å². The van der Waals surface area contributed by atoms with E-state index >= 15 is 0 Å². The fourth-order valence-electron chi connectivity index (χ4n) is 6.53. The molecule has 4 saturated carbocycles. The van der Waals surface area contributed by atoms with Gasteiger partial charge in [-0.15, -0.1) is 0 Å². The number of H-pyrrole nitrogens is 1. The Bertz CT molecular complexity index is 1240. The zero-order valence-electron chi connectivity index (χ0n) is 17.3. The summed E-state index contributed by atoms with van der Waals surface area (Å²) in [5.41, 5.74) is 0.502. The molecule has 0 aliphatic heterocycles. The number of nitrogens with one attached hydrogen (secondary N) is 1. The van der Waals surface area contributed by atoms with Crippen LogP contribution in [0.4, 0.5) is 8.78 Å². The summed E-state index contributed by atoms with van der Waals surface area (Å²) < 4.78 is 34.1. The molecular formula is C23H24F2N4O2. The molecular weight excluding hydrogens is 402 g/mol. The molecule has 0 spiro atoms. The van der Waals surface area contributed by atoms with Crippen LogP contribution in [0.1, 0.15) is 51.3 Å². The van der Waals surface area contributed by atoms with Crippen LogP contribution in [0.25, 0.3) is 11.2 Å². The standard InChI is InChI=1S/C23H24F2N4O2/c1-2-5-29-20(30)18-19(28-22(29)31-15-3-4-16(24)17(25)9-15)27-21(26-18)23-10-12-6-13(11-23)8-14(23)7-12/h3-4,9,12-14H,2,5-8,10-11H2,1H3,(H,26,27). The molecule has 1 aromatic carbocycles. The molecule has 6 nitrogen and oxygen atoms in total. The molecule has 8 heteroatoms. The topological polar surface area (TPSA) is 72.8 Å². The number of imidazole rings is 1. The van der Waals surface area contributed by atoms with Crippen molar-refractivity contribution in [1.82, 2.24) is 19.5 Å². The minimum Gasteiger partial charge on any atom is -0.425 e. The summed E-state index contributed by atoms with van der Waals surface area (Å²) in [5, 5.41) is 0. The monoisotopic (exact) mass is 426 g/mol. The van der Waals surface area contributed by atoms with Crippen molar-refractivity contribution in [2.24, 2.45) is 17.8 Å². The zero-order chi connectivity index (χ0) is 21.3. The van der Waals surface area contributed by atoms with Crippen molar-refractivity contribution in [3.8, 4) is 11.8 Å². The lowest BCUT2D eigenvalue weighted by molar-refractivity contribution is 0.262. The molecule has 4 aliphatic carbocycles. The predicted molar refractivity (Wildman–Crippen MR) is 110 cm³/mol. The highest BCUT2D eigenvalue weighted by atomic mass is 19.2. The van der Waals surface area contributed by atoms with E-state index in [1.165, 1.54) is 29.9 Å². The number of rotatable bonds is 5. The second kappa shape index (κ2) is 6.61. The summed E-state index contributed by atoms with van der Waals surface area (Å²) in [5.74, 6) is 1.15. The van der Waals surface area contributed by atoms with Crippen LogP contribution in [0.3, 0.4) is 0 Å². The van der Waals surface area contributed by atoms with E-state index in [2.05, 4.69) is 9.97 Å². The first-order chi connectivity index (χ1) is 15.0. The number of nitrogens with zero attached hydrogens (tertiary/aromatic N) is 3. The van der Waals surface area contributed by atoms with E-state index in [0.717, 1.165) is 42.6 Å². The van der Waals surface area contributed by atoms with Gasteiger partial charge >= 0.3 is 6.01 Å². The Morgan fingerprint density at radius 3 is 2.65 bits per heavy atom. The van der Waals surface area contributed by atoms with Gasteiger partial charge in [-0.2, -0.15) is 4.98 Å². The number of aromatic nitrogens is 4. The lowest BCUT2D eigenvalue weighted by atomic mass is 9.75. The summed E-state index contributed by atoms with van der Waals surface area (Å²) in [6.07, 6.45) is 6.80. The van der Waals surface area contributed by atoms with Gasteiger partial charge in [-0.1, -0.05) is 6.92 Å². The van der Waals surface area contributed by atoms with Crippen molar-refractivity contribution >= 4 is 11.2 Å². The van der Waals surface area contributed by atoms with Crippen LogP contribution < -0.4 is 10.3 Å².